The number of anilines is 1. The molecule has 3 aromatic rings. The van der Waals surface area contributed by atoms with Crippen molar-refractivity contribution >= 4 is 38.9 Å². The van der Waals surface area contributed by atoms with Crippen molar-refractivity contribution in [2.75, 3.05) is 32.6 Å². The number of amides is 1. The van der Waals surface area contributed by atoms with Crippen LogP contribution in [0, 0.1) is 0 Å². The largest absolute Gasteiger partial charge is 0.468 e. The molecule has 0 bridgehead atoms. The Bertz CT molecular complexity index is 1170. The number of carbonyl (C=O) groups excluding carboxylic acids is 2. The highest BCUT2D eigenvalue weighted by atomic mass is 32.2. The van der Waals surface area contributed by atoms with Crippen molar-refractivity contribution in [1.29, 1.82) is 0 Å². The maximum Gasteiger partial charge on any atom is 0.293 e. The van der Waals surface area contributed by atoms with Crippen LogP contribution in [0.3, 0.4) is 0 Å². The number of rotatable bonds is 8. The average molecular weight is 503 g/mol. The van der Waals surface area contributed by atoms with E-state index in [9.17, 15) is 18.0 Å². The van der Waals surface area contributed by atoms with Gasteiger partial charge >= 0.3 is 0 Å². The molecule has 3 rings (SSSR count). The van der Waals surface area contributed by atoms with E-state index in [0.29, 0.717) is 35.1 Å². The van der Waals surface area contributed by atoms with Crippen LogP contribution < -0.4 is 10.5 Å². The van der Waals surface area contributed by atoms with Crippen molar-refractivity contribution in [1.82, 2.24) is 9.88 Å². The van der Waals surface area contributed by atoms with E-state index in [1.165, 1.54) is 31.6 Å². The van der Waals surface area contributed by atoms with Crippen LogP contribution in [0.4, 0.5) is 5.69 Å². The van der Waals surface area contributed by atoms with Crippen LogP contribution in [0.25, 0.3) is 10.8 Å². The standard InChI is InChI=1S/C16H13N3O3S.C6H15N.C3H6O2/c17-23(21,22)15-8-2-5-12-13(15)6-1-7-14(12)16(20)19-11-4-3-9-18-10-11;1-4-5-6-7(2)3;1-2-5-3-4/h1-10H,(H,19,20)(H2,17,21,22);4-6H2,1-3H3;3H,2H2,1H3. The minimum atomic E-state index is -3.87. The summed E-state index contributed by atoms with van der Waals surface area (Å²) in [5, 5.41) is 8.89. The first-order valence-electron chi connectivity index (χ1n) is 11.1. The van der Waals surface area contributed by atoms with Gasteiger partial charge in [0, 0.05) is 17.1 Å². The summed E-state index contributed by atoms with van der Waals surface area (Å²) in [5.41, 5.74) is 0.911. The van der Waals surface area contributed by atoms with E-state index >= 15 is 0 Å². The lowest BCUT2D eigenvalue weighted by Crippen LogP contribution is -2.14. The van der Waals surface area contributed by atoms with E-state index < -0.39 is 10.0 Å². The Labute approximate surface area is 207 Å². The number of nitrogens with two attached hydrogens (primary N) is 1. The predicted octanol–water partition coefficient (Wildman–Crippen LogP) is 3.66. The fourth-order valence-electron chi connectivity index (χ4n) is 2.90. The topological polar surface area (TPSA) is 132 Å². The van der Waals surface area contributed by atoms with Gasteiger partial charge in [-0.2, -0.15) is 0 Å². The lowest BCUT2D eigenvalue weighted by atomic mass is 10.0. The Morgan fingerprint density at radius 3 is 2.26 bits per heavy atom. The second-order valence-corrected chi connectivity index (χ2v) is 9.14. The number of hydrogen-bond donors (Lipinski definition) is 2. The number of sulfonamides is 1. The Hall–Kier alpha value is -3.34. The van der Waals surface area contributed by atoms with Crippen LogP contribution in [0.1, 0.15) is 37.0 Å². The zero-order valence-electron chi connectivity index (χ0n) is 20.6. The van der Waals surface area contributed by atoms with E-state index in [2.05, 4.69) is 41.0 Å². The summed E-state index contributed by atoms with van der Waals surface area (Å²) >= 11 is 0. The average Bonchev–Trinajstić information content (AvgIpc) is 2.83. The van der Waals surface area contributed by atoms with E-state index in [1.807, 2.05) is 0 Å². The van der Waals surface area contributed by atoms with Gasteiger partial charge in [0.1, 0.15) is 0 Å². The predicted molar refractivity (Wildman–Crippen MR) is 139 cm³/mol. The van der Waals surface area contributed by atoms with Crippen molar-refractivity contribution in [3.05, 3.63) is 66.5 Å². The number of hydrogen-bond acceptors (Lipinski definition) is 7. The van der Waals surface area contributed by atoms with Gasteiger partial charge in [0.25, 0.3) is 12.4 Å². The highest BCUT2D eigenvalue weighted by Crippen LogP contribution is 2.25. The summed E-state index contributed by atoms with van der Waals surface area (Å²) < 4.78 is 27.5. The molecular weight excluding hydrogens is 468 g/mol. The molecule has 0 radical (unpaired) electrons. The highest BCUT2D eigenvalue weighted by molar-refractivity contribution is 7.89. The minimum Gasteiger partial charge on any atom is -0.468 e. The van der Waals surface area contributed by atoms with E-state index in [-0.39, 0.29) is 10.8 Å². The van der Waals surface area contributed by atoms with Crippen LogP contribution in [0.15, 0.2) is 65.8 Å². The third kappa shape index (κ3) is 10.6. The molecule has 1 heterocycles. The van der Waals surface area contributed by atoms with Gasteiger partial charge in [-0.15, -0.1) is 0 Å². The van der Waals surface area contributed by atoms with Crippen LogP contribution in [-0.4, -0.2) is 57.9 Å². The number of benzene rings is 2. The normalized spacial score (nSPS) is 10.5. The summed E-state index contributed by atoms with van der Waals surface area (Å²) in [5.74, 6) is -0.352. The Kier molecular flexibility index (Phi) is 13.2. The van der Waals surface area contributed by atoms with Gasteiger partial charge in [0.15, 0.2) is 0 Å². The molecule has 9 nitrogen and oxygen atoms in total. The summed E-state index contributed by atoms with van der Waals surface area (Å²) in [6.45, 7) is 6.11. The molecule has 35 heavy (non-hydrogen) atoms. The van der Waals surface area contributed by atoms with Crippen molar-refractivity contribution in [3.8, 4) is 0 Å². The van der Waals surface area contributed by atoms with Crippen molar-refractivity contribution in [3.63, 3.8) is 0 Å². The summed E-state index contributed by atoms with van der Waals surface area (Å²) in [6.07, 6.45) is 5.76. The monoisotopic (exact) mass is 502 g/mol. The van der Waals surface area contributed by atoms with Crippen molar-refractivity contribution in [2.45, 2.75) is 31.6 Å². The Morgan fingerprint density at radius 1 is 1.09 bits per heavy atom. The fourth-order valence-corrected chi connectivity index (χ4v) is 3.66. The minimum absolute atomic E-state index is 0.00831. The van der Waals surface area contributed by atoms with Crippen LogP contribution in [-0.2, 0) is 19.6 Å². The first kappa shape index (κ1) is 29.7. The van der Waals surface area contributed by atoms with Gasteiger partial charge in [-0.3, -0.25) is 14.6 Å². The van der Waals surface area contributed by atoms with Crippen LogP contribution in [0.2, 0.25) is 0 Å². The molecule has 0 fully saturated rings. The van der Waals surface area contributed by atoms with Gasteiger partial charge in [-0.1, -0.05) is 37.6 Å². The molecule has 0 aliphatic rings. The first-order chi connectivity index (χ1) is 16.6. The molecule has 190 valence electrons. The van der Waals surface area contributed by atoms with Gasteiger partial charge < -0.3 is 15.0 Å². The summed E-state index contributed by atoms with van der Waals surface area (Å²) in [7, 11) is 0.341. The third-order valence-electron chi connectivity index (χ3n) is 4.55. The second-order valence-electron chi connectivity index (χ2n) is 7.61. The number of aromatic nitrogens is 1. The number of pyridine rings is 1. The van der Waals surface area contributed by atoms with Gasteiger partial charge in [-0.05, 0) is 63.6 Å². The molecule has 0 unspecified atom stereocenters. The van der Waals surface area contributed by atoms with Crippen LogP contribution >= 0.6 is 0 Å². The molecule has 2 aromatic carbocycles. The maximum absolute atomic E-state index is 12.5. The smallest absolute Gasteiger partial charge is 0.293 e. The molecule has 3 N–H and O–H groups in total. The van der Waals surface area contributed by atoms with Gasteiger partial charge in [0.05, 0.1) is 23.4 Å². The summed E-state index contributed by atoms with van der Waals surface area (Å²) in [6, 6.07) is 12.9. The number of primary sulfonamides is 1. The number of nitrogens with zero attached hydrogens (tertiary/aromatic N) is 2. The zero-order valence-corrected chi connectivity index (χ0v) is 21.4. The van der Waals surface area contributed by atoms with Crippen molar-refractivity contribution < 1.29 is 22.7 Å². The fraction of sp³-hybridized carbons (Fsp3) is 0.320. The van der Waals surface area contributed by atoms with Crippen molar-refractivity contribution in [2.24, 2.45) is 5.14 Å². The second kappa shape index (κ2) is 15.5. The molecule has 0 aliphatic carbocycles. The lowest BCUT2D eigenvalue weighted by Gasteiger charge is -2.10. The van der Waals surface area contributed by atoms with E-state index in [4.69, 9.17) is 5.14 Å². The molecular formula is C25H34N4O5S. The zero-order chi connectivity index (χ0) is 26.3. The lowest BCUT2D eigenvalue weighted by molar-refractivity contribution is -0.128. The number of unbranched alkanes of at least 4 members (excludes halogenated alkanes) is 1. The Morgan fingerprint density at radius 2 is 1.77 bits per heavy atom. The quantitative estimate of drug-likeness (QED) is 0.449. The molecule has 0 saturated heterocycles. The number of fused-ring (bicyclic) bond motifs is 1. The molecule has 10 heteroatoms. The molecule has 0 spiro atoms. The SMILES string of the molecule is CCCCN(C)C.CCOC=O.NS(=O)(=O)c1cccc2c(C(=O)Nc3cccnc3)cccc12. The van der Waals surface area contributed by atoms with Gasteiger partial charge in [0.2, 0.25) is 10.0 Å². The molecule has 0 atom stereocenters. The number of ether oxygens (including phenoxy) is 1. The first-order valence-corrected chi connectivity index (χ1v) is 12.7. The van der Waals surface area contributed by atoms with Gasteiger partial charge in [-0.25, -0.2) is 13.6 Å². The number of carbonyl (C=O) groups is 2. The molecule has 1 amide bonds. The maximum atomic E-state index is 12.5. The third-order valence-corrected chi connectivity index (χ3v) is 5.52. The highest BCUT2D eigenvalue weighted by Gasteiger charge is 2.16. The van der Waals surface area contributed by atoms with E-state index in [1.54, 1.807) is 55.6 Å². The van der Waals surface area contributed by atoms with Crippen LogP contribution in [0.5, 0.6) is 0 Å². The summed E-state index contributed by atoms with van der Waals surface area (Å²) in [4.78, 5) is 27.8. The number of nitrogens with one attached hydrogen (secondary N) is 1. The van der Waals surface area contributed by atoms with E-state index in [0.717, 1.165) is 0 Å². The molecule has 0 aliphatic heterocycles. The molecule has 1 aromatic heterocycles. The molecule has 0 saturated carbocycles. The Balaban J connectivity index is 0.000000425.